The van der Waals surface area contributed by atoms with Gasteiger partial charge in [0.25, 0.3) is 0 Å². The van der Waals surface area contributed by atoms with Gasteiger partial charge in [0, 0.05) is 12.6 Å². The fraction of sp³-hybridized carbons (Fsp3) is 0.312. The van der Waals surface area contributed by atoms with Crippen LogP contribution in [0.1, 0.15) is 32.4 Å². The summed E-state index contributed by atoms with van der Waals surface area (Å²) in [6.07, 6.45) is 0. The Morgan fingerprint density at radius 2 is 2.09 bits per heavy atom. The average Bonchev–Trinajstić information content (AvgIpc) is 2.73. The second-order valence-corrected chi connectivity index (χ2v) is 6.42. The van der Waals surface area contributed by atoms with Gasteiger partial charge in [0.2, 0.25) is 5.91 Å². The van der Waals surface area contributed by atoms with Crippen LogP contribution in [0.3, 0.4) is 0 Å². The van der Waals surface area contributed by atoms with Crippen molar-refractivity contribution in [1.82, 2.24) is 9.78 Å². The van der Waals surface area contributed by atoms with Gasteiger partial charge in [0.1, 0.15) is 5.82 Å². The number of thioether (sulfide) groups is 1. The van der Waals surface area contributed by atoms with Crippen molar-refractivity contribution in [3.05, 3.63) is 46.6 Å². The van der Waals surface area contributed by atoms with Crippen LogP contribution in [0.4, 0.5) is 5.82 Å². The number of nitrogens with zero attached hydrogens (tertiary/aromatic N) is 2. The highest BCUT2D eigenvalue weighted by atomic mass is 32.2. The lowest BCUT2D eigenvalue weighted by atomic mass is 10.0. The van der Waals surface area contributed by atoms with E-state index < -0.39 is 0 Å². The lowest BCUT2D eigenvalue weighted by Gasteiger charge is -2.15. The van der Waals surface area contributed by atoms with E-state index in [9.17, 15) is 9.59 Å². The molecule has 0 aliphatic carbocycles. The van der Waals surface area contributed by atoms with Gasteiger partial charge in [0.05, 0.1) is 29.4 Å². The summed E-state index contributed by atoms with van der Waals surface area (Å²) in [5.41, 5.74) is 3.43. The Bertz CT molecular complexity index is 768. The molecule has 0 saturated carbocycles. The first-order valence-corrected chi connectivity index (χ1v) is 8.19. The van der Waals surface area contributed by atoms with E-state index in [4.69, 9.17) is 4.74 Å². The SMILES string of the molecule is COC(=O)c1ccc(C2SCC(=O)Nc3c2c(C)nn3C)cc1. The number of anilines is 1. The Hall–Kier alpha value is -2.28. The molecule has 0 bridgehead atoms. The molecular weight excluding hydrogens is 314 g/mol. The molecule has 0 radical (unpaired) electrons. The Morgan fingerprint density at radius 1 is 1.39 bits per heavy atom. The molecule has 120 valence electrons. The average molecular weight is 331 g/mol. The highest BCUT2D eigenvalue weighted by Gasteiger charge is 2.29. The summed E-state index contributed by atoms with van der Waals surface area (Å²) in [4.78, 5) is 23.5. The van der Waals surface area contributed by atoms with E-state index >= 15 is 0 Å². The lowest BCUT2D eigenvalue weighted by Crippen LogP contribution is -2.15. The van der Waals surface area contributed by atoms with Crippen LogP contribution in [-0.4, -0.2) is 34.5 Å². The molecule has 1 aromatic carbocycles. The molecule has 1 aliphatic rings. The number of carbonyl (C=O) groups is 2. The van der Waals surface area contributed by atoms with Crippen molar-refractivity contribution in [2.24, 2.45) is 7.05 Å². The maximum Gasteiger partial charge on any atom is 0.337 e. The maximum atomic E-state index is 11.9. The minimum absolute atomic E-state index is 0.00986. The van der Waals surface area contributed by atoms with Crippen LogP contribution in [0.5, 0.6) is 0 Å². The number of rotatable bonds is 2. The molecule has 2 aromatic rings. The van der Waals surface area contributed by atoms with E-state index in [0.717, 1.165) is 22.6 Å². The number of ether oxygens (including phenoxy) is 1. The molecule has 1 aliphatic heterocycles. The summed E-state index contributed by atoms with van der Waals surface area (Å²) < 4.78 is 6.42. The number of nitrogens with one attached hydrogen (secondary N) is 1. The minimum atomic E-state index is -0.361. The number of hydrogen-bond donors (Lipinski definition) is 1. The van der Waals surface area contributed by atoms with Gasteiger partial charge < -0.3 is 10.1 Å². The Kier molecular flexibility index (Phi) is 4.12. The summed E-state index contributed by atoms with van der Waals surface area (Å²) in [7, 11) is 3.18. The van der Waals surface area contributed by atoms with Gasteiger partial charge in [-0.05, 0) is 24.6 Å². The van der Waals surface area contributed by atoms with Crippen molar-refractivity contribution in [2.75, 3.05) is 18.2 Å². The van der Waals surface area contributed by atoms with Gasteiger partial charge in [-0.2, -0.15) is 5.10 Å². The first-order valence-electron chi connectivity index (χ1n) is 7.14. The van der Waals surface area contributed by atoms with Crippen molar-refractivity contribution >= 4 is 29.5 Å². The number of benzene rings is 1. The standard InChI is InChI=1S/C16H17N3O3S/c1-9-13-14(10-4-6-11(7-5-10)16(21)22-3)23-8-12(20)17-15(13)19(2)18-9/h4-7,14H,8H2,1-3H3,(H,17,20). The molecule has 1 unspecified atom stereocenters. The number of hydrogen-bond acceptors (Lipinski definition) is 5. The fourth-order valence-corrected chi connectivity index (χ4v) is 3.91. The monoisotopic (exact) mass is 331 g/mol. The number of aromatic nitrogens is 2. The number of amides is 1. The summed E-state index contributed by atoms with van der Waals surface area (Å²) in [6.45, 7) is 1.94. The van der Waals surface area contributed by atoms with Crippen LogP contribution >= 0.6 is 11.8 Å². The van der Waals surface area contributed by atoms with Crippen LogP contribution in [-0.2, 0) is 16.6 Å². The number of esters is 1. The molecule has 7 heteroatoms. The zero-order valence-electron chi connectivity index (χ0n) is 13.1. The summed E-state index contributed by atoms with van der Waals surface area (Å²) >= 11 is 1.55. The van der Waals surface area contributed by atoms with Gasteiger partial charge >= 0.3 is 5.97 Å². The van der Waals surface area contributed by atoms with Gasteiger partial charge in [-0.3, -0.25) is 9.48 Å². The van der Waals surface area contributed by atoms with Gasteiger partial charge in [-0.25, -0.2) is 4.79 Å². The third kappa shape index (κ3) is 2.84. The number of methoxy groups -OCH3 is 1. The molecule has 6 nitrogen and oxygen atoms in total. The van der Waals surface area contributed by atoms with E-state index in [0.29, 0.717) is 11.3 Å². The van der Waals surface area contributed by atoms with Crippen LogP contribution in [0.2, 0.25) is 0 Å². The Labute approximate surface area is 138 Å². The number of aryl methyl sites for hydroxylation is 2. The molecule has 1 amide bonds. The van der Waals surface area contributed by atoms with Gasteiger partial charge in [0.15, 0.2) is 0 Å². The van der Waals surface area contributed by atoms with E-state index in [-0.39, 0.29) is 17.1 Å². The quantitative estimate of drug-likeness (QED) is 0.855. The normalized spacial score (nSPS) is 17.2. The summed E-state index contributed by atoms with van der Waals surface area (Å²) in [5, 5.41) is 7.32. The first kappa shape index (κ1) is 15.6. The van der Waals surface area contributed by atoms with Crippen molar-refractivity contribution in [2.45, 2.75) is 12.2 Å². The van der Waals surface area contributed by atoms with Gasteiger partial charge in [-0.15, -0.1) is 11.8 Å². The van der Waals surface area contributed by atoms with Gasteiger partial charge in [-0.1, -0.05) is 12.1 Å². The smallest absolute Gasteiger partial charge is 0.337 e. The van der Waals surface area contributed by atoms with E-state index in [1.807, 2.05) is 26.1 Å². The largest absolute Gasteiger partial charge is 0.465 e. The molecular formula is C16H17N3O3S. The highest BCUT2D eigenvalue weighted by Crippen LogP contribution is 2.42. The third-order valence-electron chi connectivity index (χ3n) is 3.80. The van der Waals surface area contributed by atoms with Crippen molar-refractivity contribution in [3.8, 4) is 0 Å². The topological polar surface area (TPSA) is 73.2 Å². The molecule has 0 fully saturated rings. The molecule has 3 rings (SSSR count). The molecule has 1 N–H and O–H groups in total. The summed E-state index contributed by atoms with van der Waals surface area (Å²) in [6, 6.07) is 7.28. The molecule has 0 spiro atoms. The molecule has 23 heavy (non-hydrogen) atoms. The molecule has 1 atom stereocenters. The molecule has 2 heterocycles. The second-order valence-electron chi connectivity index (χ2n) is 5.32. The van der Waals surface area contributed by atoms with E-state index in [2.05, 4.69) is 10.4 Å². The van der Waals surface area contributed by atoms with Crippen molar-refractivity contribution < 1.29 is 14.3 Å². The molecule has 1 aromatic heterocycles. The summed E-state index contributed by atoms with van der Waals surface area (Å²) in [5.74, 6) is 0.713. The second kappa shape index (κ2) is 6.08. The Balaban J connectivity index is 2.03. The predicted molar refractivity (Wildman–Crippen MR) is 88.7 cm³/mol. The first-order chi connectivity index (χ1) is 11.0. The van der Waals surface area contributed by atoms with Crippen molar-refractivity contribution in [3.63, 3.8) is 0 Å². The minimum Gasteiger partial charge on any atom is -0.465 e. The van der Waals surface area contributed by atoms with E-state index in [1.54, 1.807) is 28.6 Å². The third-order valence-corrected chi connectivity index (χ3v) is 5.07. The van der Waals surface area contributed by atoms with Crippen molar-refractivity contribution in [1.29, 1.82) is 0 Å². The van der Waals surface area contributed by atoms with Crippen LogP contribution in [0.25, 0.3) is 0 Å². The maximum absolute atomic E-state index is 11.9. The predicted octanol–water partition coefficient (Wildman–Crippen LogP) is 2.29. The Morgan fingerprint density at radius 3 is 2.74 bits per heavy atom. The zero-order chi connectivity index (χ0) is 16.6. The molecule has 0 saturated heterocycles. The number of fused-ring (bicyclic) bond motifs is 1. The van der Waals surface area contributed by atoms with Crippen LogP contribution < -0.4 is 5.32 Å². The van der Waals surface area contributed by atoms with Crippen LogP contribution in [0.15, 0.2) is 24.3 Å². The zero-order valence-corrected chi connectivity index (χ0v) is 13.9. The number of carbonyl (C=O) groups excluding carboxylic acids is 2. The van der Waals surface area contributed by atoms with E-state index in [1.165, 1.54) is 7.11 Å². The fourth-order valence-electron chi connectivity index (χ4n) is 2.72. The highest BCUT2D eigenvalue weighted by molar-refractivity contribution is 8.00. The lowest BCUT2D eigenvalue weighted by molar-refractivity contribution is -0.113. The van der Waals surface area contributed by atoms with Crippen LogP contribution in [0, 0.1) is 6.92 Å².